The molecule has 0 aromatic rings. The summed E-state index contributed by atoms with van der Waals surface area (Å²) >= 11 is 0. The molecule has 2 amide bonds. The fourth-order valence-electron chi connectivity index (χ4n) is 4.33. The van der Waals surface area contributed by atoms with Crippen molar-refractivity contribution in [1.29, 1.82) is 0 Å². The van der Waals surface area contributed by atoms with Crippen molar-refractivity contribution in [2.75, 3.05) is 19.6 Å². The van der Waals surface area contributed by atoms with Crippen LogP contribution in [0.4, 0.5) is 4.79 Å². The van der Waals surface area contributed by atoms with Crippen LogP contribution in [0.5, 0.6) is 0 Å². The molecule has 3 rings (SSSR count). The summed E-state index contributed by atoms with van der Waals surface area (Å²) in [4.78, 5) is 14.1. The van der Waals surface area contributed by atoms with Crippen molar-refractivity contribution in [2.45, 2.75) is 45.4 Å². The van der Waals surface area contributed by atoms with E-state index in [1.165, 1.54) is 38.5 Å². The summed E-state index contributed by atoms with van der Waals surface area (Å²) in [6.45, 7) is 5.07. The number of likely N-dealkylation sites (tertiary alicyclic amines) is 1. The van der Waals surface area contributed by atoms with Gasteiger partial charge in [0.25, 0.3) is 0 Å². The van der Waals surface area contributed by atoms with Crippen LogP contribution in [-0.4, -0.2) is 30.6 Å². The largest absolute Gasteiger partial charge is 0.338 e. The molecule has 4 atom stereocenters. The van der Waals surface area contributed by atoms with Crippen LogP contribution in [0.15, 0.2) is 0 Å². The summed E-state index contributed by atoms with van der Waals surface area (Å²) in [5.41, 5.74) is 0. The monoisotopic (exact) mass is 250 g/mol. The number of urea groups is 1. The zero-order valence-electron chi connectivity index (χ0n) is 11.5. The van der Waals surface area contributed by atoms with E-state index >= 15 is 0 Å². The molecule has 0 spiro atoms. The molecule has 102 valence electrons. The maximum Gasteiger partial charge on any atom is 0.317 e. The summed E-state index contributed by atoms with van der Waals surface area (Å²) in [7, 11) is 0. The first-order chi connectivity index (χ1) is 8.72. The number of piperidine rings is 1. The van der Waals surface area contributed by atoms with Crippen molar-refractivity contribution in [3.05, 3.63) is 0 Å². The Morgan fingerprint density at radius 2 is 2.17 bits per heavy atom. The first-order valence-corrected chi connectivity index (χ1v) is 7.75. The summed E-state index contributed by atoms with van der Waals surface area (Å²) in [6.07, 6.45) is 8.09. The van der Waals surface area contributed by atoms with E-state index in [1.807, 2.05) is 4.90 Å². The Labute approximate surface area is 110 Å². The van der Waals surface area contributed by atoms with Crippen LogP contribution in [0, 0.1) is 23.7 Å². The minimum Gasteiger partial charge on any atom is -0.338 e. The first kappa shape index (κ1) is 12.3. The van der Waals surface area contributed by atoms with E-state index in [4.69, 9.17) is 0 Å². The normalized spacial score (nSPS) is 39.1. The van der Waals surface area contributed by atoms with E-state index in [0.717, 1.165) is 37.4 Å². The highest BCUT2D eigenvalue weighted by Crippen LogP contribution is 2.47. The van der Waals surface area contributed by atoms with Gasteiger partial charge in [-0.1, -0.05) is 13.3 Å². The average molecular weight is 250 g/mol. The minimum absolute atomic E-state index is 0.185. The van der Waals surface area contributed by atoms with Gasteiger partial charge in [0.15, 0.2) is 0 Å². The molecule has 2 aliphatic carbocycles. The van der Waals surface area contributed by atoms with Gasteiger partial charge in [-0.25, -0.2) is 4.79 Å². The highest BCUT2D eigenvalue weighted by atomic mass is 16.2. The third kappa shape index (κ3) is 2.50. The Morgan fingerprint density at radius 1 is 1.28 bits per heavy atom. The molecule has 18 heavy (non-hydrogen) atoms. The van der Waals surface area contributed by atoms with E-state index in [2.05, 4.69) is 12.2 Å². The van der Waals surface area contributed by atoms with Crippen molar-refractivity contribution in [3.8, 4) is 0 Å². The number of rotatable bonds is 2. The van der Waals surface area contributed by atoms with Gasteiger partial charge in [0.2, 0.25) is 0 Å². The molecule has 2 saturated carbocycles. The zero-order valence-corrected chi connectivity index (χ0v) is 11.5. The van der Waals surface area contributed by atoms with E-state index in [-0.39, 0.29) is 6.03 Å². The Kier molecular flexibility index (Phi) is 3.49. The molecule has 2 bridgehead atoms. The van der Waals surface area contributed by atoms with Gasteiger partial charge in [-0.3, -0.25) is 0 Å². The lowest BCUT2D eigenvalue weighted by Gasteiger charge is -2.32. The average Bonchev–Trinajstić information content (AvgIpc) is 2.98. The molecular weight excluding hydrogens is 224 g/mol. The predicted molar refractivity (Wildman–Crippen MR) is 72.3 cm³/mol. The third-order valence-electron chi connectivity index (χ3n) is 5.34. The van der Waals surface area contributed by atoms with Crippen LogP contribution >= 0.6 is 0 Å². The number of carbonyl (C=O) groups excluding carboxylic acids is 1. The molecular formula is C15H26N2O. The second-order valence-electron chi connectivity index (χ2n) is 6.81. The number of hydrogen-bond donors (Lipinski definition) is 1. The first-order valence-electron chi connectivity index (χ1n) is 7.75. The molecule has 3 aliphatic rings. The lowest BCUT2D eigenvalue weighted by Crippen LogP contribution is -2.46. The van der Waals surface area contributed by atoms with Crippen LogP contribution in [0.2, 0.25) is 0 Å². The van der Waals surface area contributed by atoms with Crippen molar-refractivity contribution >= 4 is 6.03 Å². The quantitative estimate of drug-likeness (QED) is 0.803. The zero-order chi connectivity index (χ0) is 12.5. The van der Waals surface area contributed by atoms with E-state index in [1.54, 1.807) is 0 Å². The van der Waals surface area contributed by atoms with Crippen molar-refractivity contribution < 1.29 is 4.79 Å². The van der Waals surface area contributed by atoms with Gasteiger partial charge in [0.1, 0.15) is 0 Å². The molecule has 0 aromatic carbocycles. The van der Waals surface area contributed by atoms with Gasteiger partial charge in [0, 0.05) is 19.6 Å². The summed E-state index contributed by atoms with van der Waals surface area (Å²) in [6, 6.07) is 0.185. The fraction of sp³-hybridized carbons (Fsp3) is 0.933. The van der Waals surface area contributed by atoms with Gasteiger partial charge in [-0.15, -0.1) is 0 Å². The maximum atomic E-state index is 12.1. The van der Waals surface area contributed by atoms with Crippen LogP contribution in [0.3, 0.4) is 0 Å². The highest BCUT2D eigenvalue weighted by Gasteiger charge is 2.39. The Balaban J connectivity index is 1.44. The standard InChI is InChI=1S/C15H26N2O/c1-11-3-2-6-17(10-11)15(18)16-9-14-8-12-4-5-13(14)7-12/h11-14H,2-10H2,1H3,(H,16,18). The number of nitrogens with one attached hydrogen (secondary N) is 1. The molecule has 1 N–H and O–H groups in total. The maximum absolute atomic E-state index is 12.1. The number of hydrogen-bond acceptors (Lipinski definition) is 1. The number of carbonyl (C=O) groups is 1. The SMILES string of the molecule is CC1CCCN(C(=O)NCC2CC3CCC2C3)C1. The number of nitrogens with zero attached hydrogens (tertiary/aromatic N) is 1. The molecule has 0 aromatic heterocycles. The number of fused-ring (bicyclic) bond motifs is 2. The van der Waals surface area contributed by atoms with Crippen LogP contribution in [-0.2, 0) is 0 Å². The molecule has 1 saturated heterocycles. The molecule has 3 fully saturated rings. The number of amides is 2. The van der Waals surface area contributed by atoms with E-state index < -0.39 is 0 Å². The molecule has 4 unspecified atom stereocenters. The van der Waals surface area contributed by atoms with Crippen LogP contribution < -0.4 is 5.32 Å². The van der Waals surface area contributed by atoms with Crippen LogP contribution in [0.1, 0.15) is 45.4 Å². The Bertz CT molecular complexity index is 318. The molecule has 3 heteroatoms. The van der Waals surface area contributed by atoms with Gasteiger partial charge < -0.3 is 10.2 Å². The smallest absolute Gasteiger partial charge is 0.317 e. The topological polar surface area (TPSA) is 32.3 Å². The molecule has 1 heterocycles. The highest BCUT2D eigenvalue weighted by molar-refractivity contribution is 5.74. The lowest BCUT2D eigenvalue weighted by atomic mass is 9.89. The predicted octanol–water partition coefficient (Wildman–Crippen LogP) is 2.86. The molecule has 3 nitrogen and oxygen atoms in total. The van der Waals surface area contributed by atoms with E-state index in [9.17, 15) is 4.79 Å². The van der Waals surface area contributed by atoms with Gasteiger partial charge >= 0.3 is 6.03 Å². The fourth-order valence-corrected chi connectivity index (χ4v) is 4.33. The van der Waals surface area contributed by atoms with Crippen molar-refractivity contribution in [2.24, 2.45) is 23.7 Å². The minimum atomic E-state index is 0.185. The van der Waals surface area contributed by atoms with Gasteiger partial charge in [0.05, 0.1) is 0 Å². The molecule has 1 aliphatic heterocycles. The van der Waals surface area contributed by atoms with Gasteiger partial charge in [-0.2, -0.15) is 0 Å². The van der Waals surface area contributed by atoms with Crippen LogP contribution in [0.25, 0.3) is 0 Å². The summed E-state index contributed by atoms with van der Waals surface area (Å²) in [5, 5.41) is 3.19. The van der Waals surface area contributed by atoms with Crippen molar-refractivity contribution in [3.63, 3.8) is 0 Å². The lowest BCUT2D eigenvalue weighted by molar-refractivity contribution is 0.166. The third-order valence-corrected chi connectivity index (χ3v) is 5.34. The molecule has 0 radical (unpaired) electrons. The Hall–Kier alpha value is -0.730. The Morgan fingerprint density at radius 3 is 2.83 bits per heavy atom. The van der Waals surface area contributed by atoms with E-state index in [0.29, 0.717) is 5.92 Å². The summed E-state index contributed by atoms with van der Waals surface area (Å²) < 4.78 is 0. The second-order valence-corrected chi connectivity index (χ2v) is 6.81. The summed E-state index contributed by atoms with van der Waals surface area (Å²) in [5.74, 6) is 3.34. The van der Waals surface area contributed by atoms with Gasteiger partial charge in [-0.05, 0) is 55.8 Å². The second kappa shape index (κ2) is 5.10. The van der Waals surface area contributed by atoms with Crippen molar-refractivity contribution in [1.82, 2.24) is 10.2 Å².